The van der Waals surface area contributed by atoms with Gasteiger partial charge in [-0.15, -0.1) is 0 Å². The maximum atomic E-state index is 13.6. The molecule has 2 N–H and O–H groups in total. The molecule has 5 unspecified atom stereocenters. The third-order valence-corrected chi connectivity index (χ3v) is 6.48. The molecular weight excluding hydrogens is 319 g/mol. The van der Waals surface area contributed by atoms with Crippen LogP contribution in [0.5, 0.6) is 0 Å². The van der Waals surface area contributed by atoms with Gasteiger partial charge in [0, 0.05) is 5.92 Å². The number of benzene rings is 1. The predicted octanol–water partition coefficient (Wildman–Crippen LogP) is 3.65. The largest absolute Gasteiger partial charge is 0.384 e. The molecule has 5 heteroatoms. The van der Waals surface area contributed by atoms with Crippen LogP contribution < -0.4 is 5.73 Å². The third kappa shape index (κ3) is 3.42. The number of carbonyl (C=O) groups is 1. The summed E-state index contributed by atoms with van der Waals surface area (Å²) in [5.41, 5.74) is 6.52. The molecule has 0 aliphatic heterocycles. The maximum Gasteiger partial charge on any atom is 0.339 e. The van der Waals surface area contributed by atoms with E-state index in [1.807, 2.05) is 0 Å². The Morgan fingerprint density at radius 2 is 1.96 bits per heavy atom. The van der Waals surface area contributed by atoms with Crippen LogP contribution in [0, 0.1) is 35.4 Å². The summed E-state index contributed by atoms with van der Waals surface area (Å²) in [5.74, 6) is 2.70. The van der Waals surface area contributed by atoms with Crippen molar-refractivity contribution in [3.05, 3.63) is 35.6 Å². The molecular formula is C20H25FN2O2. The van der Waals surface area contributed by atoms with Crippen molar-refractivity contribution in [1.29, 1.82) is 0 Å². The van der Waals surface area contributed by atoms with Crippen LogP contribution in [0.4, 0.5) is 4.39 Å². The molecule has 134 valence electrons. The highest BCUT2D eigenvalue weighted by molar-refractivity contribution is 5.84. The van der Waals surface area contributed by atoms with Gasteiger partial charge in [-0.1, -0.05) is 29.8 Å². The second kappa shape index (κ2) is 6.77. The van der Waals surface area contributed by atoms with Gasteiger partial charge in [-0.3, -0.25) is 0 Å². The number of fused-ring (bicyclic) bond motifs is 2. The molecule has 4 rings (SSSR count). The summed E-state index contributed by atoms with van der Waals surface area (Å²) < 4.78 is 13.6. The van der Waals surface area contributed by atoms with Crippen LogP contribution in [-0.4, -0.2) is 11.8 Å². The Bertz CT molecular complexity index is 684. The van der Waals surface area contributed by atoms with Gasteiger partial charge in [-0.25, -0.2) is 9.18 Å². The fourth-order valence-electron chi connectivity index (χ4n) is 5.46. The molecule has 3 aliphatic rings. The standard InChI is InChI=1S/C20H25FN2O2/c21-18-4-2-1-3-14(18)11-19(24)25-23-20(22)17-10-13-7-12-5-6-16(17)15(8-12)9-13/h1-4,12-13,15-17H,5-11H2,(H2,22,23). The first-order chi connectivity index (χ1) is 12.1. The molecule has 5 atom stereocenters. The molecule has 3 fully saturated rings. The summed E-state index contributed by atoms with van der Waals surface area (Å²) in [5, 5.41) is 3.94. The molecule has 4 nitrogen and oxygen atoms in total. The van der Waals surface area contributed by atoms with Crippen molar-refractivity contribution in [1.82, 2.24) is 0 Å². The van der Waals surface area contributed by atoms with Crippen molar-refractivity contribution in [2.24, 2.45) is 40.5 Å². The molecule has 0 amide bonds. The van der Waals surface area contributed by atoms with Gasteiger partial charge in [0.1, 0.15) is 11.7 Å². The number of amidine groups is 1. The zero-order valence-corrected chi connectivity index (χ0v) is 14.4. The molecule has 3 bridgehead atoms. The van der Waals surface area contributed by atoms with E-state index in [0.29, 0.717) is 17.3 Å². The van der Waals surface area contributed by atoms with Crippen LogP contribution >= 0.6 is 0 Å². The minimum absolute atomic E-state index is 0.134. The lowest BCUT2D eigenvalue weighted by atomic mass is 9.54. The Balaban J connectivity index is 1.39. The Kier molecular flexibility index (Phi) is 4.48. The zero-order chi connectivity index (χ0) is 17.4. The number of oxime groups is 1. The van der Waals surface area contributed by atoms with E-state index in [4.69, 9.17) is 10.6 Å². The fourth-order valence-corrected chi connectivity index (χ4v) is 5.46. The normalized spacial score (nSPS) is 34.0. The molecule has 0 heterocycles. The Labute approximate surface area is 147 Å². The van der Waals surface area contributed by atoms with Gasteiger partial charge in [0.2, 0.25) is 0 Å². The van der Waals surface area contributed by atoms with Gasteiger partial charge in [0.05, 0.1) is 6.42 Å². The molecule has 1 aromatic rings. The number of nitrogens with two attached hydrogens (primary N) is 1. The first kappa shape index (κ1) is 16.6. The number of nitrogens with zero attached hydrogens (tertiary/aromatic N) is 1. The van der Waals surface area contributed by atoms with Crippen LogP contribution in [-0.2, 0) is 16.1 Å². The molecule has 0 radical (unpaired) electrons. The van der Waals surface area contributed by atoms with Gasteiger partial charge < -0.3 is 10.6 Å². The Morgan fingerprint density at radius 3 is 2.80 bits per heavy atom. The molecule has 0 spiro atoms. The average Bonchev–Trinajstić information content (AvgIpc) is 2.59. The second-order valence-electron chi connectivity index (χ2n) is 8.03. The molecule has 3 saturated carbocycles. The predicted molar refractivity (Wildman–Crippen MR) is 93.0 cm³/mol. The topological polar surface area (TPSA) is 64.7 Å². The van der Waals surface area contributed by atoms with E-state index in [1.54, 1.807) is 18.2 Å². The lowest BCUT2D eigenvalue weighted by Gasteiger charge is -2.51. The summed E-state index contributed by atoms with van der Waals surface area (Å²) in [6, 6.07) is 6.19. The lowest BCUT2D eigenvalue weighted by molar-refractivity contribution is -0.143. The highest BCUT2D eigenvalue weighted by Gasteiger charge is 2.46. The summed E-state index contributed by atoms with van der Waals surface area (Å²) >= 11 is 0. The number of hydrogen-bond acceptors (Lipinski definition) is 3. The minimum Gasteiger partial charge on any atom is -0.384 e. The SMILES string of the molecule is N/C(=N\OC(=O)Cc1ccccc1F)C1CC2CC3CCC1C(C3)C2. The van der Waals surface area contributed by atoms with E-state index in [2.05, 4.69) is 5.16 Å². The van der Waals surface area contributed by atoms with Gasteiger partial charge in [0.15, 0.2) is 0 Å². The summed E-state index contributed by atoms with van der Waals surface area (Å²) in [6.07, 6.45) is 7.43. The second-order valence-corrected chi connectivity index (χ2v) is 8.03. The number of carbonyl (C=O) groups excluding carboxylic acids is 1. The van der Waals surface area contributed by atoms with E-state index in [-0.39, 0.29) is 12.3 Å². The van der Waals surface area contributed by atoms with Crippen LogP contribution in [0.15, 0.2) is 29.4 Å². The summed E-state index contributed by atoms with van der Waals surface area (Å²) in [6.45, 7) is 0. The van der Waals surface area contributed by atoms with Crippen molar-refractivity contribution >= 4 is 11.8 Å². The average molecular weight is 344 g/mol. The van der Waals surface area contributed by atoms with Crippen LogP contribution in [0.1, 0.15) is 44.1 Å². The van der Waals surface area contributed by atoms with Gasteiger partial charge in [0.25, 0.3) is 0 Å². The minimum atomic E-state index is -0.576. The van der Waals surface area contributed by atoms with Crippen molar-refractivity contribution in [2.75, 3.05) is 0 Å². The molecule has 3 aliphatic carbocycles. The number of hydrogen-bond donors (Lipinski definition) is 1. The van der Waals surface area contributed by atoms with Crippen molar-refractivity contribution < 1.29 is 14.0 Å². The third-order valence-electron chi connectivity index (χ3n) is 6.48. The Hall–Kier alpha value is -1.91. The van der Waals surface area contributed by atoms with E-state index >= 15 is 0 Å². The molecule has 1 aromatic carbocycles. The molecule has 0 aromatic heterocycles. The van der Waals surface area contributed by atoms with Crippen LogP contribution in [0.2, 0.25) is 0 Å². The van der Waals surface area contributed by atoms with E-state index in [9.17, 15) is 9.18 Å². The van der Waals surface area contributed by atoms with Crippen molar-refractivity contribution in [3.63, 3.8) is 0 Å². The van der Waals surface area contributed by atoms with Gasteiger partial charge in [-0.05, 0) is 67.4 Å². The highest BCUT2D eigenvalue weighted by Crippen LogP contribution is 2.54. The van der Waals surface area contributed by atoms with E-state index in [1.165, 1.54) is 38.2 Å². The van der Waals surface area contributed by atoms with Crippen LogP contribution in [0.25, 0.3) is 0 Å². The quantitative estimate of drug-likeness (QED) is 0.392. The first-order valence-corrected chi connectivity index (χ1v) is 9.36. The monoisotopic (exact) mass is 344 g/mol. The Morgan fingerprint density at radius 1 is 1.16 bits per heavy atom. The summed E-state index contributed by atoms with van der Waals surface area (Å²) in [4.78, 5) is 17.0. The van der Waals surface area contributed by atoms with Gasteiger partial charge in [-0.2, -0.15) is 0 Å². The van der Waals surface area contributed by atoms with Crippen molar-refractivity contribution in [2.45, 2.75) is 44.9 Å². The number of rotatable bonds is 4. The van der Waals surface area contributed by atoms with Crippen molar-refractivity contribution in [3.8, 4) is 0 Å². The molecule has 0 saturated heterocycles. The highest BCUT2D eigenvalue weighted by atomic mass is 19.1. The number of halogens is 1. The van der Waals surface area contributed by atoms with E-state index < -0.39 is 11.8 Å². The first-order valence-electron chi connectivity index (χ1n) is 9.36. The smallest absolute Gasteiger partial charge is 0.339 e. The van der Waals surface area contributed by atoms with Crippen LogP contribution in [0.3, 0.4) is 0 Å². The molecule has 25 heavy (non-hydrogen) atoms. The van der Waals surface area contributed by atoms with E-state index in [0.717, 1.165) is 24.2 Å². The zero-order valence-electron chi connectivity index (χ0n) is 14.4. The maximum absolute atomic E-state index is 13.6. The van der Waals surface area contributed by atoms with Gasteiger partial charge >= 0.3 is 5.97 Å². The summed E-state index contributed by atoms with van der Waals surface area (Å²) in [7, 11) is 0. The lowest BCUT2D eigenvalue weighted by Crippen LogP contribution is -2.46. The fraction of sp³-hybridized carbons (Fsp3) is 0.600.